The van der Waals surface area contributed by atoms with E-state index >= 15 is 0 Å². The number of rotatable bonds is 2. The zero-order valence-electron chi connectivity index (χ0n) is 9.47. The molecule has 1 amide bonds. The van der Waals surface area contributed by atoms with Gasteiger partial charge in [0.15, 0.2) is 0 Å². The van der Waals surface area contributed by atoms with E-state index < -0.39 is 11.9 Å². The number of amides is 1. The first kappa shape index (κ1) is 12.7. The second kappa shape index (κ2) is 4.86. The number of phenols is 1. The van der Waals surface area contributed by atoms with Crippen LogP contribution in [0.25, 0.3) is 0 Å². The zero-order chi connectivity index (χ0) is 13.3. The van der Waals surface area contributed by atoms with Crippen LogP contribution < -0.4 is 0 Å². The van der Waals surface area contributed by atoms with Crippen molar-refractivity contribution in [2.24, 2.45) is 5.92 Å². The molecule has 6 heteroatoms. The molecule has 1 aromatic carbocycles. The Hall–Kier alpha value is -1.75. The SMILES string of the molecule is O=C(O)C1CCN(C(=O)c2cc(O)ccc2Cl)C1. The summed E-state index contributed by atoms with van der Waals surface area (Å²) in [5.74, 6) is -1.81. The summed E-state index contributed by atoms with van der Waals surface area (Å²) in [6.07, 6.45) is 0.442. The molecule has 1 aromatic rings. The van der Waals surface area contributed by atoms with Gasteiger partial charge in [0.2, 0.25) is 0 Å². The second-order valence-corrected chi connectivity index (χ2v) is 4.65. The summed E-state index contributed by atoms with van der Waals surface area (Å²) in [6, 6.07) is 4.12. The number of hydrogen-bond acceptors (Lipinski definition) is 3. The fourth-order valence-corrected chi connectivity index (χ4v) is 2.19. The highest BCUT2D eigenvalue weighted by Gasteiger charge is 2.31. The smallest absolute Gasteiger partial charge is 0.308 e. The maximum atomic E-state index is 12.1. The molecule has 2 N–H and O–H groups in total. The minimum atomic E-state index is -0.896. The molecule has 18 heavy (non-hydrogen) atoms. The van der Waals surface area contributed by atoms with Gasteiger partial charge in [0.05, 0.1) is 16.5 Å². The van der Waals surface area contributed by atoms with Crippen molar-refractivity contribution < 1.29 is 19.8 Å². The lowest BCUT2D eigenvalue weighted by molar-refractivity contribution is -0.141. The topological polar surface area (TPSA) is 77.8 Å². The molecule has 1 heterocycles. The van der Waals surface area contributed by atoms with E-state index in [9.17, 15) is 14.7 Å². The maximum absolute atomic E-state index is 12.1. The highest BCUT2D eigenvalue weighted by molar-refractivity contribution is 6.33. The van der Waals surface area contributed by atoms with Gasteiger partial charge in [0.25, 0.3) is 5.91 Å². The number of carboxylic acid groups (broad SMARTS) is 1. The highest BCUT2D eigenvalue weighted by Crippen LogP contribution is 2.25. The number of phenolic OH excluding ortho intramolecular Hbond substituents is 1. The average Bonchev–Trinajstić information content (AvgIpc) is 2.81. The number of hydrogen-bond donors (Lipinski definition) is 2. The van der Waals surface area contributed by atoms with E-state index in [2.05, 4.69) is 0 Å². The molecule has 0 spiro atoms. The molecule has 0 radical (unpaired) electrons. The summed E-state index contributed by atoms with van der Waals surface area (Å²) in [5, 5.41) is 18.5. The van der Waals surface area contributed by atoms with E-state index in [1.54, 1.807) is 0 Å². The number of halogens is 1. The van der Waals surface area contributed by atoms with Crippen molar-refractivity contribution in [2.75, 3.05) is 13.1 Å². The zero-order valence-corrected chi connectivity index (χ0v) is 10.2. The fourth-order valence-electron chi connectivity index (χ4n) is 1.99. The van der Waals surface area contributed by atoms with E-state index in [1.807, 2.05) is 0 Å². The first-order valence-electron chi connectivity index (χ1n) is 5.49. The second-order valence-electron chi connectivity index (χ2n) is 4.24. The minimum Gasteiger partial charge on any atom is -0.508 e. The largest absolute Gasteiger partial charge is 0.508 e. The van der Waals surface area contributed by atoms with Crippen LogP contribution in [0.15, 0.2) is 18.2 Å². The minimum absolute atomic E-state index is 0.0447. The Morgan fingerprint density at radius 1 is 1.39 bits per heavy atom. The Kier molecular flexibility index (Phi) is 3.43. The van der Waals surface area contributed by atoms with Crippen LogP contribution in [0.2, 0.25) is 5.02 Å². The van der Waals surface area contributed by atoms with E-state index in [4.69, 9.17) is 16.7 Å². The molecule has 1 unspecified atom stereocenters. The molecular formula is C12H12ClNO4. The summed E-state index contributed by atoms with van der Waals surface area (Å²) in [6.45, 7) is 0.571. The van der Waals surface area contributed by atoms with Gasteiger partial charge in [-0.2, -0.15) is 0 Å². The van der Waals surface area contributed by atoms with Crippen molar-refractivity contribution in [3.63, 3.8) is 0 Å². The van der Waals surface area contributed by atoms with Crippen molar-refractivity contribution in [1.82, 2.24) is 4.90 Å². The van der Waals surface area contributed by atoms with Crippen LogP contribution >= 0.6 is 11.6 Å². The van der Waals surface area contributed by atoms with Gasteiger partial charge in [-0.15, -0.1) is 0 Å². The summed E-state index contributed by atoms with van der Waals surface area (Å²) in [7, 11) is 0. The molecular weight excluding hydrogens is 258 g/mol. The van der Waals surface area contributed by atoms with Gasteiger partial charge in [0, 0.05) is 13.1 Å². The van der Waals surface area contributed by atoms with E-state index in [0.717, 1.165) is 0 Å². The maximum Gasteiger partial charge on any atom is 0.308 e. The van der Waals surface area contributed by atoms with Crippen LogP contribution in [0.4, 0.5) is 0 Å². The summed E-state index contributed by atoms with van der Waals surface area (Å²) in [4.78, 5) is 24.4. The molecule has 2 rings (SSSR count). The Balaban J connectivity index is 2.17. The van der Waals surface area contributed by atoms with Crippen LogP contribution in [0, 0.1) is 5.92 Å². The van der Waals surface area contributed by atoms with Crippen LogP contribution in [-0.4, -0.2) is 40.1 Å². The van der Waals surface area contributed by atoms with Gasteiger partial charge in [-0.1, -0.05) is 11.6 Å². The van der Waals surface area contributed by atoms with Gasteiger partial charge in [-0.3, -0.25) is 9.59 Å². The van der Waals surface area contributed by atoms with E-state index in [1.165, 1.54) is 23.1 Å². The summed E-state index contributed by atoms with van der Waals surface area (Å²) >= 11 is 5.89. The molecule has 1 aliphatic rings. The lowest BCUT2D eigenvalue weighted by Gasteiger charge is -2.16. The van der Waals surface area contributed by atoms with E-state index in [-0.39, 0.29) is 28.8 Å². The highest BCUT2D eigenvalue weighted by atomic mass is 35.5. The van der Waals surface area contributed by atoms with Crippen LogP contribution in [0.3, 0.4) is 0 Å². The third-order valence-electron chi connectivity index (χ3n) is 3.01. The van der Waals surface area contributed by atoms with E-state index in [0.29, 0.717) is 13.0 Å². The predicted octanol–water partition coefficient (Wildman–Crippen LogP) is 1.59. The van der Waals surface area contributed by atoms with Gasteiger partial charge in [-0.25, -0.2) is 0 Å². The Bertz CT molecular complexity index is 503. The van der Waals surface area contributed by atoms with Crippen LogP contribution in [-0.2, 0) is 4.79 Å². The van der Waals surface area contributed by atoms with Gasteiger partial charge >= 0.3 is 5.97 Å². The molecule has 1 fully saturated rings. The molecule has 0 saturated carbocycles. The molecule has 5 nitrogen and oxygen atoms in total. The summed E-state index contributed by atoms with van der Waals surface area (Å²) in [5.41, 5.74) is 0.197. The summed E-state index contributed by atoms with van der Waals surface area (Å²) < 4.78 is 0. The Labute approximate surface area is 109 Å². The number of carboxylic acids is 1. The number of benzene rings is 1. The first-order chi connectivity index (χ1) is 8.49. The Morgan fingerprint density at radius 2 is 2.11 bits per heavy atom. The third-order valence-corrected chi connectivity index (χ3v) is 3.33. The third kappa shape index (κ3) is 2.41. The number of nitrogens with zero attached hydrogens (tertiary/aromatic N) is 1. The molecule has 1 atom stereocenters. The van der Waals surface area contributed by atoms with Crippen molar-refractivity contribution in [3.8, 4) is 5.75 Å². The van der Waals surface area contributed by atoms with Crippen molar-refractivity contribution >= 4 is 23.5 Å². The molecule has 0 aromatic heterocycles. The van der Waals surface area contributed by atoms with Crippen LogP contribution in [0.5, 0.6) is 5.75 Å². The first-order valence-corrected chi connectivity index (χ1v) is 5.87. The van der Waals surface area contributed by atoms with Crippen molar-refractivity contribution in [2.45, 2.75) is 6.42 Å². The molecule has 96 valence electrons. The number of aliphatic carboxylic acids is 1. The number of likely N-dealkylation sites (tertiary alicyclic amines) is 1. The lowest BCUT2D eigenvalue weighted by atomic mass is 10.1. The van der Waals surface area contributed by atoms with Gasteiger partial charge < -0.3 is 15.1 Å². The monoisotopic (exact) mass is 269 g/mol. The standard InChI is InChI=1S/C12H12ClNO4/c13-10-2-1-8(15)5-9(10)11(16)14-4-3-7(6-14)12(17)18/h1-2,5,7,15H,3-4,6H2,(H,17,18). The number of carbonyl (C=O) groups excluding carboxylic acids is 1. The lowest BCUT2D eigenvalue weighted by Crippen LogP contribution is -2.30. The fraction of sp³-hybridized carbons (Fsp3) is 0.333. The van der Waals surface area contributed by atoms with Crippen molar-refractivity contribution in [1.29, 1.82) is 0 Å². The van der Waals surface area contributed by atoms with Crippen LogP contribution in [0.1, 0.15) is 16.8 Å². The predicted molar refractivity (Wildman–Crippen MR) is 64.8 cm³/mol. The molecule has 0 bridgehead atoms. The normalized spacial score (nSPS) is 18.9. The van der Waals surface area contributed by atoms with Gasteiger partial charge in [0.1, 0.15) is 5.75 Å². The molecule has 0 aliphatic carbocycles. The average molecular weight is 270 g/mol. The van der Waals surface area contributed by atoms with Crippen molar-refractivity contribution in [3.05, 3.63) is 28.8 Å². The number of aromatic hydroxyl groups is 1. The molecule has 1 aliphatic heterocycles. The molecule has 1 saturated heterocycles. The quantitative estimate of drug-likeness (QED) is 0.855. The number of carbonyl (C=O) groups is 2. The Morgan fingerprint density at radius 3 is 2.72 bits per heavy atom. The van der Waals surface area contributed by atoms with Gasteiger partial charge in [-0.05, 0) is 24.6 Å².